The van der Waals surface area contributed by atoms with Crippen LogP contribution in [0.4, 0.5) is 0 Å². The van der Waals surface area contributed by atoms with E-state index in [-0.39, 0.29) is 42.5 Å². The Labute approximate surface area is 162 Å². The first-order chi connectivity index (χ1) is 13.5. The van der Waals surface area contributed by atoms with Gasteiger partial charge in [0.05, 0.1) is 0 Å². The van der Waals surface area contributed by atoms with Crippen LogP contribution in [0.3, 0.4) is 0 Å². The van der Waals surface area contributed by atoms with Crippen molar-refractivity contribution >= 4 is 19.0 Å². The molecule has 1 saturated heterocycles. The summed E-state index contributed by atoms with van der Waals surface area (Å²) in [5.41, 5.74) is 0.722. The van der Waals surface area contributed by atoms with Crippen LogP contribution in [0.5, 0.6) is 11.5 Å². The number of pyridine rings is 1. The van der Waals surface area contributed by atoms with Crippen molar-refractivity contribution in [2.75, 3.05) is 13.1 Å². The molecule has 144 valence electrons. The first-order valence-corrected chi connectivity index (χ1v) is 8.85. The number of hydrogen-bond donors (Lipinski definition) is 2. The van der Waals surface area contributed by atoms with E-state index in [1.54, 1.807) is 29.3 Å². The number of amides is 1. The van der Waals surface area contributed by atoms with Gasteiger partial charge in [-0.3, -0.25) is 4.98 Å². The number of phenols is 1. The molecule has 0 bridgehead atoms. The van der Waals surface area contributed by atoms with E-state index in [1.165, 1.54) is 6.07 Å². The fourth-order valence-corrected chi connectivity index (χ4v) is 3.00. The Morgan fingerprint density at radius 3 is 2.68 bits per heavy atom. The number of aromatic nitrogens is 1. The van der Waals surface area contributed by atoms with Crippen molar-refractivity contribution in [2.45, 2.75) is 25.3 Å². The summed E-state index contributed by atoms with van der Waals surface area (Å²) in [7, 11) is 0.704. The Morgan fingerprint density at radius 2 is 2.04 bits per heavy atom. The number of aryl methyl sites for hydroxylation is 1. The summed E-state index contributed by atoms with van der Waals surface area (Å²) in [5.74, 6) is -1.75. The number of ether oxygens (including phenoxy) is 1. The molecule has 1 amide bonds. The Kier molecular flexibility index (Phi) is 6.03. The molecule has 2 N–H and O–H groups in total. The molecule has 0 aliphatic carbocycles. The maximum atomic E-state index is 12.2. The minimum atomic E-state index is -1.32. The van der Waals surface area contributed by atoms with Gasteiger partial charge in [0.1, 0.15) is 0 Å². The Balaban J connectivity index is 1.62. The van der Waals surface area contributed by atoms with Crippen LogP contribution in [0, 0.1) is 0 Å². The van der Waals surface area contributed by atoms with E-state index in [9.17, 15) is 24.5 Å². The van der Waals surface area contributed by atoms with Crippen LogP contribution in [0.2, 0.25) is 6.32 Å². The van der Waals surface area contributed by atoms with E-state index in [1.807, 2.05) is 6.07 Å². The molecule has 0 spiro atoms. The third-order valence-corrected chi connectivity index (χ3v) is 4.52. The molecule has 0 unspecified atom stereocenters. The first-order valence-electron chi connectivity index (χ1n) is 8.85. The standard InChI is InChI=1S/C19H19BN2O6/c23-16(9-13-3-1-2-8-21-13)22-10-14(11-22)28-15-5-4-12(6-7-20-27)18(24)17(15)19(25)26/h1-5,8,14,24H,6-7,9-11H2,(H,25,26). The number of hydrogen-bond acceptors (Lipinski definition) is 6. The molecule has 1 fully saturated rings. The van der Waals surface area contributed by atoms with Crippen LogP contribution in [-0.2, 0) is 22.3 Å². The molecule has 1 aromatic carbocycles. The van der Waals surface area contributed by atoms with Gasteiger partial charge in [0.2, 0.25) is 0 Å². The second-order valence-corrected chi connectivity index (χ2v) is 6.49. The Bertz CT molecular complexity index is 883. The zero-order chi connectivity index (χ0) is 20.1. The van der Waals surface area contributed by atoms with Crippen LogP contribution < -0.4 is 4.74 Å². The first kappa shape index (κ1) is 19.5. The van der Waals surface area contributed by atoms with Crippen LogP contribution in [0.25, 0.3) is 0 Å². The normalized spacial score (nSPS) is 13.5. The molecule has 1 aliphatic heterocycles. The van der Waals surface area contributed by atoms with Crippen molar-refractivity contribution in [3.63, 3.8) is 0 Å². The molecule has 0 saturated carbocycles. The number of benzene rings is 1. The van der Waals surface area contributed by atoms with E-state index in [2.05, 4.69) is 4.98 Å². The number of nitrogens with zero attached hydrogens (tertiary/aromatic N) is 2. The number of carbonyl (C=O) groups excluding carboxylic acids is 1. The Hall–Kier alpha value is -3.23. The molecule has 0 radical (unpaired) electrons. The average molecular weight is 382 g/mol. The molecule has 1 aromatic heterocycles. The van der Waals surface area contributed by atoms with Gasteiger partial charge >= 0.3 is 126 Å². The number of rotatable bonds is 8. The van der Waals surface area contributed by atoms with Gasteiger partial charge in [-0.15, -0.1) is 0 Å². The molecule has 2 heterocycles. The molecule has 28 heavy (non-hydrogen) atoms. The third-order valence-electron chi connectivity index (χ3n) is 4.52. The molecule has 9 heteroatoms. The number of aromatic hydroxyl groups is 1. The average Bonchev–Trinajstić information content (AvgIpc) is 2.64. The van der Waals surface area contributed by atoms with E-state index in [0.29, 0.717) is 31.5 Å². The SMILES string of the molecule is O=BCCc1ccc(OC2CN(C(=O)Cc3ccccn3)C2)c(C(=O)O)c1O. The summed E-state index contributed by atoms with van der Waals surface area (Å²) in [5, 5.41) is 19.6. The van der Waals surface area contributed by atoms with Crippen LogP contribution >= 0.6 is 0 Å². The van der Waals surface area contributed by atoms with Gasteiger partial charge in [-0.05, 0) is 12.1 Å². The number of carbonyl (C=O) groups is 2. The number of carboxylic acid groups (broad SMARTS) is 1. The van der Waals surface area contributed by atoms with Gasteiger partial charge in [0, 0.05) is 11.9 Å². The number of carboxylic acids is 1. The zero-order valence-electron chi connectivity index (χ0n) is 15.1. The van der Waals surface area contributed by atoms with Crippen molar-refractivity contribution in [1.82, 2.24) is 9.88 Å². The second kappa shape index (κ2) is 8.64. The monoisotopic (exact) mass is 382 g/mol. The molecule has 1 aliphatic rings. The van der Waals surface area contributed by atoms with E-state index >= 15 is 0 Å². The minimum absolute atomic E-state index is 0.0432. The quantitative estimate of drug-likeness (QED) is 0.662. The van der Waals surface area contributed by atoms with E-state index < -0.39 is 11.7 Å². The number of aromatic carboxylic acids is 1. The maximum absolute atomic E-state index is 12.2. The molecular formula is C19H19BN2O6. The van der Waals surface area contributed by atoms with Gasteiger partial charge in [0.15, 0.2) is 0 Å². The van der Waals surface area contributed by atoms with Gasteiger partial charge in [-0.25, -0.2) is 0 Å². The molecule has 2 aromatic rings. The van der Waals surface area contributed by atoms with Crippen molar-refractivity contribution in [2.24, 2.45) is 0 Å². The summed E-state index contributed by atoms with van der Waals surface area (Å²) in [6.07, 6.45) is 1.90. The molecule has 8 nitrogen and oxygen atoms in total. The van der Waals surface area contributed by atoms with Gasteiger partial charge in [0.25, 0.3) is 0 Å². The summed E-state index contributed by atoms with van der Waals surface area (Å²) >= 11 is 0. The second-order valence-electron chi connectivity index (χ2n) is 6.49. The summed E-state index contributed by atoms with van der Waals surface area (Å²) in [4.78, 5) is 29.5. The summed E-state index contributed by atoms with van der Waals surface area (Å²) < 4.78 is 16.2. The molecule has 0 atom stereocenters. The van der Waals surface area contributed by atoms with Crippen molar-refractivity contribution in [3.05, 3.63) is 53.3 Å². The van der Waals surface area contributed by atoms with Gasteiger partial charge < -0.3 is 0 Å². The van der Waals surface area contributed by atoms with Crippen molar-refractivity contribution in [1.29, 1.82) is 0 Å². The van der Waals surface area contributed by atoms with Gasteiger partial charge in [-0.2, -0.15) is 0 Å². The fraction of sp³-hybridized carbons (Fsp3) is 0.316. The third kappa shape index (κ3) is 4.36. The zero-order valence-corrected chi connectivity index (χ0v) is 15.1. The van der Waals surface area contributed by atoms with E-state index in [0.717, 1.165) is 0 Å². The van der Waals surface area contributed by atoms with Crippen LogP contribution in [0.15, 0.2) is 36.5 Å². The molecule has 3 rings (SSSR count). The van der Waals surface area contributed by atoms with Crippen molar-refractivity contribution < 1.29 is 29.2 Å². The topological polar surface area (TPSA) is 117 Å². The van der Waals surface area contributed by atoms with Crippen molar-refractivity contribution in [3.8, 4) is 11.5 Å². The Morgan fingerprint density at radius 1 is 1.25 bits per heavy atom. The number of likely N-dealkylation sites (tertiary alicyclic amines) is 1. The van der Waals surface area contributed by atoms with Crippen LogP contribution in [0.1, 0.15) is 21.6 Å². The predicted molar refractivity (Wildman–Crippen MR) is 99.0 cm³/mol. The molecular weight excluding hydrogens is 363 g/mol. The fourth-order valence-electron chi connectivity index (χ4n) is 3.00. The summed E-state index contributed by atoms with van der Waals surface area (Å²) in [6.45, 7) is 0.663. The summed E-state index contributed by atoms with van der Waals surface area (Å²) in [6, 6.07) is 8.39. The van der Waals surface area contributed by atoms with E-state index in [4.69, 9.17) is 4.74 Å². The predicted octanol–water partition coefficient (Wildman–Crippen LogP) is 1.33. The van der Waals surface area contributed by atoms with Gasteiger partial charge in [-0.1, -0.05) is 6.07 Å². The van der Waals surface area contributed by atoms with Crippen LogP contribution in [-0.4, -0.2) is 58.3 Å².